The number of aliphatic carboxylic acids is 2. The van der Waals surface area contributed by atoms with Crippen molar-refractivity contribution in [2.45, 2.75) is 153 Å². The number of carboxylic acids is 2. The summed E-state index contributed by atoms with van der Waals surface area (Å²) in [4.78, 5) is 37.2. The molecule has 5 fully saturated rings. The lowest BCUT2D eigenvalue weighted by Gasteiger charge is -2.50. The molecule has 0 aromatic heterocycles. The molecule has 5 heterocycles. The Hall–Kier alpha value is -3.14. The molecule has 89 heavy (non-hydrogen) atoms. The first-order valence-corrected chi connectivity index (χ1v) is 33.0. The molecule has 0 radical (unpaired) electrons. The second-order valence-corrected chi connectivity index (χ2v) is 26.1. The third kappa shape index (κ3) is 21.7. The Morgan fingerprint density at radius 3 is 1.25 bits per heavy atom. The number of ether oxygens (including phenoxy) is 10. The summed E-state index contributed by atoms with van der Waals surface area (Å²) in [6.45, 7) is -4.87. The lowest BCUT2D eigenvalue weighted by Crippen LogP contribution is -2.71. The van der Waals surface area contributed by atoms with E-state index >= 15 is 0 Å². The molecular weight excluding hydrogens is 1400 g/mol. The van der Waals surface area contributed by atoms with E-state index in [9.17, 15) is 141 Å². The van der Waals surface area contributed by atoms with Crippen LogP contribution in [0.4, 0.5) is 0 Å². The highest BCUT2D eigenvalue weighted by Crippen LogP contribution is 2.38. The van der Waals surface area contributed by atoms with Gasteiger partial charge in [0.2, 0.25) is 6.41 Å². The van der Waals surface area contributed by atoms with Crippen molar-refractivity contribution < 1.29 is 214 Å². The molecule has 0 saturated carbocycles. The molecule has 57 heteroatoms. The molecule has 0 aliphatic carbocycles. The molecule has 5 aliphatic rings. The maximum atomic E-state index is 13.0. The zero-order chi connectivity index (χ0) is 67.6. The van der Waals surface area contributed by atoms with Crippen LogP contribution in [0.1, 0.15) is 0 Å². The van der Waals surface area contributed by atoms with E-state index in [1.807, 2.05) is 5.32 Å². The molecule has 0 bridgehead atoms. The van der Waals surface area contributed by atoms with Crippen LogP contribution < -0.4 is 14.8 Å². The highest BCUT2D eigenvalue weighted by Gasteiger charge is 2.61. The zero-order valence-corrected chi connectivity index (χ0v) is 49.0. The number of rotatable bonds is 30. The van der Waals surface area contributed by atoms with Gasteiger partial charge in [0.25, 0.3) is 0 Å². The summed E-state index contributed by atoms with van der Waals surface area (Å²) >= 11 is 0. The quantitative estimate of drug-likeness (QED) is 0.0235. The minimum absolute atomic E-state index is 0.175. The van der Waals surface area contributed by atoms with E-state index in [-0.39, 0.29) is 6.41 Å². The first kappa shape index (κ1) is 76.6. The maximum absolute atomic E-state index is 13.0. The fraction of sp³-hybridized carbons (Fsp3) is 0.906. The van der Waals surface area contributed by atoms with Crippen molar-refractivity contribution in [3.8, 4) is 0 Å². The summed E-state index contributed by atoms with van der Waals surface area (Å²) in [7, 11) is -40.0. The van der Waals surface area contributed by atoms with Crippen LogP contribution in [0, 0.1) is 0 Å². The summed E-state index contributed by atoms with van der Waals surface area (Å²) in [5.41, 5.74) is 0. The van der Waals surface area contributed by atoms with Crippen molar-refractivity contribution in [1.82, 2.24) is 14.8 Å². The van der Waals surface area contributed by atoms with Gasteiger partial charge in [-0.2, -0.15) is 68.4 Å². The van der Waals surface area contributed by atoms with Crippen LogP contribution in [0.25, 0.3) is 0 Å². The van der Waals surface area contributed by atoms with Gasteiger partial charge >= 0.3 is 84.5 Å². The zero-order valence-electron chi connectivity index (χ0n) is 43.3. The Balaban J connectivity index is 1.59. The average Bonchev–Trinajstić information content (AvgIpc) is 0.891. The Morgan fingerprint density at radius 1 is 0.404 bits per heavy atom. The van der Waals surface area contributed by atoms with Gasteiger partial charge in [0.05, 0.1) is 19.8 Å². The van der Waals surface area contributed by atoms with E-state index in [0.29, 0.717) is 0 Å². The molecule has 0 spiro atoms. The number of nitrogens with one attached hydrogen (secondary N) is 3. The first-order valence-electron chi connectivity index (χ1n) is 23.3. The lowest BCUT2D eigenvalue weighted by atomic mass is 9.94. The van der Waals surface area contributed by atoms with E-state index in [1.54, 1.807) is 0 Å². The van der Waals surface area contributed by atoms with Crippen LogP contribution in [-0.2, 0) is 155 Å². The smallest absolute Gasteiger partial charge is 0.397 e. The summed E-state index contributed by atoms with van der Waals surface area (Å²) < 4.78 is 312. The fourth-order valence-corrected chi connectivity index (χ4v) is 12.0. The minimum atomic E-state index is -6.31. The predicted molar refractivity (Wildman–Crippen MR) is 256 cm³/mol. The molecule has 0 aromatic carbocycles. The van der Waals surface area contributed by atoms with Crippen LogP contribution in [-0.4, -0.2) is 330 Å². The van der Waals surface area contributed by atoms with Crippen LogP contribution in [0.15, 0.2) is 0 Å². The van der Waals surface area contributed by atoms with Gasteiger partial charge < -0.3 is 93.5 Å². The van der Waals surface area contributed by atoms with E-state index in [0.717, 1.165) is 11.8 Å². The van der Waals surface area contributed by atoms with Gasteiger partial charge in [-0.15, -0.1) is 0 Å². The van der Waals surface area contributed by atoms with Crippen molar-refractivity contribution in [3.63, 3.8) is 0 Å². The van der Waals surface area contributed by atoms with Gasteiger partial charge in [0.1, 0.15) is 104 Å². The normalized spacial score (nSPS) is 39.0. The number of aliphatic hydroxyl groups is 6. The number of aliphatic hydroxyl groups excluding tert-OH is 6. The van der Waals surface area contributed by atoms with Crippen LogP contribution in [0.2, 0.25) is 0 Å². The number of methoxy groups -OCH3 is 1. The molecular formula is C32H53N3O47S7. The van der Waals surface area contributed by atoms with Gasteiger partial charge in [0.15, 0.2) is 49.8 Å². The van der Waals surface area contributed by atoms with Crippen molar-refractivity contribution in [3.05, 3.63) is 0 Å². The topological polar surface area (TPSA) is 768 Å². The summed E-state index contributed by atoms with van der Waals surface area (Å²) in [5.74, 6) is -4.79. The van der Waals surface area contributed by atoms with Crippen molar-refractivity contribution in [2.75, 3.05) is 26.9 Å². The molecule has 5 rings (SSSR count). The van der Waals surface area contributed by atoms with Crippen LogP contribution in [0.5, 0.6) is 0 Å². The van der Waals surface area contributed by atoms with Gasteiger partial charge in [-0.25, -0.2) is 30.5 Å². The number of hydrogen-bond acceptors (Lipinski definition) is 38. The highest BCUT2D eigenvalue weighted by atomic mass is 32.3. The standard InChI is InChI=1S/C32H53N3O47S7/c1-68-28-10(34-83(47,48)49)14(39)18(7(73-28)3-70-86(56,57)58)75-32-23(82-89(65,66)67)17(42)22(25(80-32)27(45)46)78-30-11(35-84(50,51)52)20(81-88(62,63)64)19(8(74-30)4-71-87(59,60)61)76-31-16(41)15(40)21(24(79-31)26(43)44)77-29-9(33-5-36)13(38)12(37)6(72-29)2-69-85(53,54)55/h5-25,28-32,34-35,37-42H,2-4H2,1H3,(H,33,36)(H,43,44)(H,45,46)(H,47,48,49)(H,50,51,52)(H,53,54,55)(H,56,57,58)(H,59,60,61)(H,62,63,64)(H,65,66,67)/t6-,7-,8-,9-,10-,11-,12-,13-,14-,15-,16-,17+,18-,19-,20-,21+,22+,23-,24+,25-,28+,29-,30-,31-,32-/m1/s1. The van der Waals surface area contributed by atoms with Crippen molar-refractivity contribution >= 4 is 91.0 Å². The third-order valence-electron chi connectivity index (χ3n) is 12.4. The number of carbonyl (C=O) groups is 3. The number of hydrogen-bond donors (Lipinski definition) is 18. The molecule has 0 unspecified atom stereocenters. The Bertz CT molecular complexity index is 3290. The molecule has 5 aliphatic heterocycles. The van der Waals surface area contributed by atoms with Gasteiger partial charge in [-0.3, -0.25) is 36.7 Å². The van der Waals surface area contributed by atoms with E-state index in [1.165, 1.54) is 4.72 Å². The van der Waals surface area contributed by atoms with Crippen molar-refractivity contribution in [1.29, 1.82) is 0 Å². The maximum Gasteiger partial charge on any atom is 0.397 e. The lowest BCUT2D eigenvalue weighted by molar-refractivity contribution is -0.373. The first-order chi connectivity index (χ1) is 40.5. The summed E-state index contributed by atoms with van der Waals surface area (Å²) in [6.07, 6.45) is -61.5. The van der Waals surface area contributed by atoms with Gasteiger partial charge in [-0.1, -0.05) is 0 Å². The molecule has 1 amide bonds. The van der Waals surface area contributed by atoms with Crippen LogP contribution >= 0.6 is 0 Å². The second kappa shape index (κ2) is 29.7. The second-order valence-electron chi connectivity index (χ2n) is 18.4. The molecule has 520 valence electrons. The Labute approximate surface area is 498 Å². The minimum Gasteiger partial charge on any atom is -0.479 e. The summed E-state index contributed by atoms with van der Waals surface area (Å²) in [6, 6.07) is -7.58. The SMILES string of the molecule is CO[C@H]1O[C@H](COS(=O)(=O)O)[C@@H](O[C@@H]2O[C@@H](C(=O)O)[C@@H](O[C@H]3O[C@H](COS(=O)(=O)O)[C@@H](O[C@@H]4O[C@H](C(=O)O)[C@@H](O[C@H]5O[C@H](COS(=O)(=O)O)[C@@H](O)[C@H](O)[C@H]5NC=O)[C@H](O)[C@H]4O)[C@H](OS(=O)(=O)O)[C@H]3NS(=O)(=O)O)[C@H](O)[C@H]2OS(=O)(=O)O)[C@H](O)[C@H]1NS(=O)(=O)O. The van der Waals surface area contributed by atoms with E-state index in [4.69, 9.17) is 51.9 Å². The summed E-state index contributed by atoms with van der Waals surface area (Å²) in [5, 5.41) is 89.6. The average molecular weight is 1460 g/mol. The van der Waals surface area contributed by atoms with Crippen LogP contribution in [0.3, 0.4) is 0 Å². The highest BCUT2D eigenvalue weighted by molar-refractivity contribution is 7.84. The third-order valence-corrected chi connectivity index (χ3v) is 15.8. The van der Waals surface area contributed by atoms with E-state index < -0.39 is 258 Å². The molecule has 25 atom stereocenters. The fourth-order valence-electron chi connectivity index (χ4n) is 8.94. The number of carbonyl (C=O) groups excluding carboxylic acids is 1. The van der Waals surface area contributed by atoms with E-state index in [2.05, 4.69) is 20.9 Å². The monoisotopic (exact) mass is 1450 g/mol. The van der Waals surface area contributed by atoms with Gasteiger partial charge in [-0.05, 0) is 0 Å². The predicted octanol–water partition coefficient (Wildman–Crippen LogP) is -13.4. The molecule has 50 nitrogen and oxygen atoms in total. The number of carboxylic acid groups (broad SMARTS) is 2. The molecule has 0 aromatic rings. The van der Waals surface area contributed by atoms with Crippen molar-refractivity contribution in [2.24, 2.45) is 0 Å². The Kier molecular flexibility index (Phi) is 25.5. The largest absolute Gasteiger partial charge is 0.479 e. The van der Waals surface area contributed by atoms with Gasteiger partial charge in [0, 0.05) is 7.11 Å². The number of amides is 1. The molecule has 5 saturated heterocycles. The Morgan fingerprint density at radius 2 is 0.798 bits per heavy atom. The molecule has 18 N–H and O–H groups in total.